The molecule has 2 aromatic carbocycles. The van der Waals surface area contributed by atoms with Gasteiger partial charge in [-0.25, -0.2) is 4.68 Å². The first kappa shape index (κ1) is 47.1. The van der Waals surface area contributed by atoms with Crippen LogP contribution in [-0.2, 0) is 0 Å². The Morgan fingerprint density at radius 1 is 0.977 bits per heavy atom. The molecular formula is C40H63BN3. The van der Waals surface area contributed by atoms with Crippen LogP contribution in [-0.4, -0.2) is 17.1 Å². The molecule has 4 heteroatoms. The van der Waals surface area contributed by atoms with Gasteiger partial charge in [-0.3, -0.25) is 0 Å². The molecule has 0 amide bonds. The van der Waals surface area contributed by atoms with Crippen molar-refractivity contribution >= 4 is 24.0 Å². The summed E-state index contributed by atoms with van der Waals surface area (Å²) >= 11 is 0. The molecule has 1 aromatic heterocycles. The van der Waals surface area contributed by atoms with Crippen LogP contribution in [0.4, 0.5) is 0 Å². The molecule has 0 aliphatic rings. The Hall–Kier alpha value is -3.84. The van der Waals surface area contributed by atoms with Gasteiger partial charge in [0.2, 0.25) is 0 Å². The quantitative estimate of drug-likeness (QED) is 0.147. The average Bonchev–Trinajstić information content (AvgIpc) is 3.41. The van der Waals surface area contributed by atoms with Gasteiger partial charge in [-0.05, 0) is 79.5 Å². The van der Waals surface area contributed by atoms with E-state index in [4.69, 9.17) is 5.26 Å². The monoisotopic (exact) mass is 597 g/mol. The molecule has 0 atom stereocenters. The van der Waals surface area contributed by atoms with E-state index in [1.165, 1.54) is 42.3 Å². The molecular weight excluding hydrogens is 533 g/mol. The number of hydrogen-bond donors (Lipinski definition) is 0. The van der Waals surface area contributed by atoms with E-state index in [9.17, 15) is 0 Å². The molecule has 3 rings (SSSR count). The van der Waals surface area contributed by atoms with Crippen LogP contribution in [0.25, 0.3) is 11.3 Å². The Bertz CT molecular complexity index is 1210. The highest BCUT2D eigenvalue weighted by atomic mass is 15.3. The van der Waals surface area contributed by atoms with Crippen molar-refractivity contribution < 1.29 is 0 Å². The summed E-state index contributed by atoms with van der Waals surface area (Å²) in [4.78, 5) is 0. The zero-order valence-electron chi connectivity index (χ0n) is 29.1. The second-order valence-electron chi connectivity index (χ2n) is 9.68. The molecule has 241 valence electrons. The van der Waals surface area contributed by atoms with Crippen molar-refractivity contribution in [3.8, 4) is 6.07 Å². The standard InChI is InChI=1S/C17H20BN2.C8H7N.C8H18.C2H6.2C2H4.CH4/c1-12-8-6-7-9-16(12)13(2)10-14(3)20-15(4)17(18-5)11-19-20;1-7-3-2-4-8(5-7)6-9;1-4-6-8(3)7-5-2;3*1-2;/h6-11H,2H2,1,3-5H3;2-5H,1H3;8H,4-7H2,1-3H3;1-2H3;2*1-2H2;1H4/b14-10-;;;;;;. The molecule has 44 heavy (non-hydrogen) atoms. The van der Waals surface area contributed by atoms with E-state index in [0.717, 1.165) is 34.0 Å². The van der Waals surface area contributed by atoms with Crippen molar-refractivity contribution in [2.75, 3.05) is 0 Å². The summed E-state index contributed by atoms with van der Waals surface area (Å²) in [5.41, 5.74) is 8.68. The van der Waals surface area contributed by atoms with E-state index >= 15 is 0 Å². The molecule has 0 aliphatic heterocycles. The van der Waals surface area contributed by atoms with Crippen molar-refractivity contribution in [2.24, 2.45) is 5.92 Å². The van der Waals surface area contributed by atoms with E-state index < -0.39 is 0 Å². The maximum Gasteiger partial charge on any atom is 0.152 e. The van der Waals surface area contributed by atoms with Gasteiger partial charge in [0.25, 0.3) is 0 Å². The van der Waals surface area contributed by atoms with Crippen LogP contribution >= 0.6 is 0 Å². The fourth-order valence-electron chi connectivity index (χ4n) is 4.23. The number of rotatable bonds is 8. The van der Waals surface area contributed by atoms with Gasteiger partial charge in [0, 0.05) is 17.6 Å². The van der Waals surface area contributed by atoms with Crippen molar-refractivity contribution in [1.82, 2.24) is 9.78 Å². The van der Waals surface area contributed by atoms with Crippen molar-refractivity contribution in [1.29, 1.82) is 5.26 Å². The van der Waals surface area contributed by atoms with E-state index in [-0.39, 0.29) is 7.43 Å². The molecule has 0 aliphatic carbocycles. The average molecular weight is 597 g/mol. The molecule has 0 fully saturated rings. The number of hydrogen-bond acceptors (Lipinski definition) is 2. The van der Waals surface area contributed by atoms with Crippen LogP contribution in [0.2, 0.25) is 6.82 Å². The second kappa shape index (κ2) is 30.6. The van der Waals surface area contributed by atoms with Crippen LogP contribution in [0.15, 0.2) is 93.7 Å². The van der Waals surface area contributed by atoms with Gasteiger partial charge < -0.3 is 0 Å². The summed E-state index contributed by atoms with van der Waals surface area (Å²) in [5, 5.41) is 12.8. The van der Waals surface area contributed by atoms with Crippen LogP contribution in [0.5, 0.6) is 0 Å². The molecule has 1 heterocycles. The maximum atomic E-state index is 8.41. The first-order valence-electron chi connectivity index (χ1n) is 15.4. The van der Waals surface area contributed by atoms with E-state index in [2.05, 4.69) is 111 Å². The number of nitrogens with zero attached hydrogens (tertiary/aromatic N) is 3. The molecule has 0 spiro atoms. The van der Waals surface area contributed by atoms with Crippen molar-refractivity contribution in [3.63, 3.8) is 0 Å². The predicted octanol–water partition coefficient (Wildman–Crippen LogP) is 11.8. The lowest BCUT2D eigenvalue weighted by molar-refractivity contribution is 0.480. The smallest absolute Gasteiger partial charge is 0.152 e. The van der Waals surface area contributed by atoms with E-state index in [0.29, 0.717) is 0 Å². The molecule has 1 radical (unpaired) electrons. The van der Waals surface area contributed by atoms with Crippen LogP contribution < -0.4 is 5.46 Å². The predicted molar refractivity (Wildman–Crippen MR) is 204 cm³/mol. The molecule has 0 saturated carbocycles. The van der Waals surface area contributed by atoms with Crippen LogP contribution in [0, 0.1) is 38.0 Å². The Kier molecular flexibility index (Phi) is 32.8. The lowest BCUT2D eigenvalue weighted by Gasteiger charge is -2.09. The largest absolute Gasteiger partial charge is 0.243 e. The minimum absolute atomic E-state index is 0. The van der Waals surface area contributed by atoms with Gasteiger partial charge in [-0.1, -0.05) is 118 Å². The number of allylic oxidation sites excluding steroid dienone is 3. The third kappa shape index (κ3) is 19.4. The maximum absolute atomic E-state index is 8.41. The van der Waals surface area contributed by atoms with Gasteiger partial charge >= 0.3 is 0 Å². The fourth-order valence-corrected chi connectivity index (χ4v) is 4.23. The fraction of sp³-hybridized carbons (Fsp3) is 0.400. The van der Waals surface area contributed by atoms with Gasteiger partial charge in [-0.15, -0.1) is 26.3 Å². The number of benzene rings is 2. The lowest BCUT2D eigenvalue weighted by atomic mass is 9.74. The molecule has 0 unspecified atom stereocenters. The minimum atomic E-state index is 0. The molecule has 0 bridgehead atoms. The lowest BCUT2D eigenvalue weighted by Crippen LogP contribution is -2.13. The summed E-state index contributed by atoms with van der Waals surface area (Å²) < 4.78 is 1.96. The Morgan fingerprint density at radius 3 is 1.93 bits per heavy atom. The SMILES string of the molecule is C.C=C.C=C.C=C(/C=C(/C)n1ncc([B]C)c1C)c1ccccc1C.CC.CCCC(C)CCC.Cc1cccc(C#N)c1. The zero-order chi connectivity index (χ0) is 33.8. The Morgan fingerprint density at radius 2 is 1.52 bits per heavy atom. The normalized spacial score (nSPS) is 9.18. The highest BCUT2D eigenvalue weighted by Gasteiger charge is 2.07. The van der Waals surface area contributed by atoms with Gasteiger partial charge in [0.05, 0.1) is 11.6 Å². The second-order valence-corrected chi connectivity index (χ2v) is 9.68. The Balaban J connectivity index is -0.000000280. The van der Waals surface area contributed by atoms with Gasteiger partial charge in [0.1, 0.15) is 0 Å². The number of aryl methyl sites for hydroxylation is 2. The highest BCUT2D eigenvalue weighted by Crippen LogP contribution is 2.20. The molecule has 0 saturated heterocycles. The van der Waals surface area contributed by atoms with Gasteiger partial charge in [0.15, 0.2) is 7.28 Å². The molecule has 0 N–H and O–H groups in total. The summed E-state index contributed by atoms with van der Waals surface area (Å²) in [6, 6.07) is 17.9. The topological polar surface area (TPSA) is 41.6 Å². The Labute approximate surface area is 274 Å². The van der Waals surface area contributed by atoms with E-state index in [1.807, 2.05) is 68.8 Å². The summed E-state index contributed by atoms with van der Waals surface area (Å²) in [5.74, 6) is 0.963. The first-order valence-corrected chi connectivity index (χ1v) is 15.4. The van der Waals surface area contributed by atoms with E-state index in [1.54, 1.807) is 6.07 Å². The number of aromatic nitrogens is 2. The zero-order valence-corrected chi connectivity index (χ0v) is 29.1. The first-order chi connectivity index (χ1) is 20.7. The third-order valence-electron chi connectivity index (χ3n) is 6.28. The summed E-state index contributed by atoms with van der Waals surface area (Å²) in [7, 11) is 2.07. The highest BCUT2D eigenvalue weighted by molar-refractivity contribution is 6.52. The summed E-state index contributed by atoms with van der Waals surface area (Å²) in [6.45, 7) is 37.3. The van der Waals surface area contributed by atoms with Crippen LogP contribution in [0.3, 0.4) is 0 Å². The molecule has 3 nitrogen and oxygen atoms in total. The van der Waals surface area contributed by atoms with Crippen LogP contribution in [0.1, 0.15) is 103 Å². The van der Waals surface area contributed by atoms with Crippen molar-refractivity contribution in [2.45, 2.75) is 102 Å². The van der Waals surface area contributed by atoms with Crippen molar-refractivity contribution in [3.05, 3.63) is 122 Å². The molecule has 3 aromatic rings. The third-order valence-corrected chi connectivity index (χ3v) is 6.28. The van der Waals surface area contributed by atoms with Gasteiger partial charge in [-0.2, -0.15) is 10.4 Å². The minimum Gasteiger partial charge on any atom is -0.243 e. The number of nitriles is 1. The summed E-state index contributed by atoms with van der Waals surface area (Å²) in [6.07, 6.45) is 9.50.